The number of thiazole rings is 1. The lowest BCUT2D eigenvalue weighted by atomic mass is 9.68. The molecule has 2 aliphatic carbocycles. The Hall–Kier alpha value is -4.89. The zero-order valence-electron chi connectivity index (χ0n) is 27.3. The number of carbonyl (C=O) groups is 4. The first-order chi connectivity index (χ1) is 24.9. The fraction of sp³-hybridized carbons (Fsp3) is 0.324. The second kappa shape index (κ2) is 13.0. The van der Waals surface area contributed by atoms with Gasteiger partial charge in [-0.25, -0.2) is 9.69 Å². The number of anilines is 2. The quantitative estimate of drug-likeness (QED) is 0.158. The molecular formula is C37H30F3N3O7S2. The largest absolute Gasteiger partial charge is 0.484 e. The number of H-pyrrole nitrogens is 1. The summed E-state index contributed by atoms with van der Waals surface area (Å²) in [6, 6.07) is 18.1. The van der Waals surface area contributed by atoms with Crippen LogP contribution < -0.4 is 19.8 Å². The second-order valence-electron chi connectivity index (χ2n) is 13.2. The number of amides is 3. The zero-order valence-corrected chi connectivity index (χ0v) is 29.0. The van der Waals surface area contributed by atoms with Crippen LogP contribution in [-0.2, 0) is 25.3 Å². The summed E-state index contributed by atoms with van der Waals surface area (Å²) in [5.41, 5.74) is 0.223. The van der Waals surface area contributed by atoms with Gasteiger partial charge in [0.25, 0.3) is 5.91 Å². The van der Waals surface area contributed by atoms with E-state index < -0.39 is 53.0 Å². The van der Waals surface area contributed by atoms with Gasteiger partial charge >= 0.3 is 17.0 Å². The number of carbonyl (C=O) groups excluding carboxylic acids is 4. The van der Waals surface area contributed by atoms with Crippen LogP contribution >= 0.6 is 23.1 Å². The van der Waals surface area contributed by atoms with E-state index in [4.69, 9.17) is 9.47 Å². The molecule has 2 bridgehead atoms. The Morgan fingerprint density at radius 1 is 0.942 bits per heavy atom. The van der Waals surface area contributed by atoms with Gasteiger partial charge in [-0.2, -0.15) is 13.2 Å². The lowest BCUT2D eigenvalue weighted by Gasteiger charge is -2.43. The van der Waals surface area contributed by atoms with E-state index in [9.17, 15) is 37.1 Å². The van der Waals surface area contributed by atoms with Crippen molar-refractivity contribution in [2.75, 3.05) is 23.4 Å². The molecule has 15 heteroatoms. The molecule has 10 nitrogen and oxygen atoms in total. The molecule has 2 saturated carbocycles. The minimum atomic E-state index is -4.75. The summed E-state index contributed by atoms with van der Waals surface area (Å²) in [6.45, 7) is 1.68. The number of nitrogens with one attached hydrogen (secondary N) is 2. The van der Waals surface area contributed by atoms with Gasteiger partial charge in [-0.3, -0.25) is 19.2 Å². The molecule has 268 valence electrons. The number of esters is 1. The fourth-order valence-corrected chi connectivity index (χ4v) is 11.4. The summed E-state index contributed by atoms with van der Waals surface area (Å²) in [5.74, 6) is -4.16. The normalized spacial score (nSPS) is 25.8. The van der Waals surface area contributed by atoms with Crippen molar-refractivity contribution in [1.82, 2.24) is 4.98 Å². The van der Waals surface area contributed by atoms with Gasteiger partial charge in [0, 0.05) is 21.7 Å². The van der Waals surface area contributed by atoms with E-state index in [0.29, 0.717) is 28.4 Å². The molecule has 2 N–H and O–H groups in total. The number of nitrogens with zero attached hydrogens (tertiary/aromatic N) is 1. The van der Waals surface area contributed by atoms with Crippen molar-refractivity contribution in [2.45, 2.75) is 35.7 Å². The molecular weight excluding hydrogens is 720 g/mol. The van der Waals surface area contributed by atoms with E-state index in [1.54, 1.807) is 43.3 Å². The van der Waals surface area contributed by atoms with Crippen molar-refractivity contribution in [3.8, 4) is 5.75 Å². The van der Waals surface area contributed by atoms with Gasteiger partial charge in [0.05, 0.1) is 40.3 Å². The highest BCUT2D eigenvalue weighted by atomic mass is 32.2. The third-order valence-corrected chi connectivity index (χ3v) is 13.1. The monoisotopic (exact) mass is 749 g/mol. The summed E-state index contributed by atoms with van der Waals surface area (Å²) in [5, 5.41) is 3.27. The van der Waals surface area contributed by atoms with Gasteiger partial charge in [0.1, 0.15) is 5.75 Å². The molecule has 1 aromatic heterocycles. The zero-order chi connectivity index (χ0) is 36.5. The topological polar surface area (TPSA) is 135 Å². The number of alkyl halides is 3. The predicted molar refractivity (Wildman–Crippen MR) is 185 cm³/mol. The number of rotatable bonds is 8. The first-order valence-electron chi connectivity index (χ1n) is 16.7. The van der Waals surface area contributed by atoms with E-state index in [0.717, 1.165) is 32.7 Å². The Morgan fingerprint density at radius 3 is 2.33 bits per heavy atom. The minimum Gasteiger partial charge on any atom is -0.484 e. The van der Waals surface area contributed by atoms with Crippen LogP contribution in [0, 0.1) is 29.6 Å². The molecule has 3 fully saturated rings. The summed E-state index contributed by atoms with van der Waals surface area (Å²) in [4.78, 5) is 69.2. The molecule has 6 unspecified atom stereocenters. The number of halogens is 3. The molecule has 0 radical (unpaired) electrons. The Kier molecular flexibility index (Phi) is 8.52. The van der Waals surface area contributed by atoms with Crippen molar-refractivity contribution in [3.63, 3.8) is 0 Å². The number of ether oxygens (including phenoxy) is 2. The first kappa shape index (κ1) is 34.2. The highest BCUT2D eigenvalue weighted by Gasteiger charge is 2.70. The summed E-state index contributed by atoms with van der Waals surface area (Å²) in [6.07, 6.45) is -4.16. The molecule has 3 heterocycles. The van der Waals surface area contributed by atoms with Gasteiger partial charge in [-0.15, -0.1) is 11.8 Å². The molecule has 52 heavy (non-hydrogen) atoms. The highest BCUT2D eigenvalue weighted by molar-refractivity contribution is 8.00. The number of aromatic nitrogens is 1. The van der Waals surface area contributed by atoms with E-state index in [-0.39, 0.29) is 47.0 Å². The molecule has 8 rings (SSSR count). The number of thioether (sulfide) groups is 1. The third kappa shape index (κ3) is 5.70. The van der Waals surface area contributed by atoms with E-state index in [1.165, 1.54) is 30.0 Å². The molecule has 4 aliphatic rings. The molecule has 0 spiro atoms. The van der Waals surface area contributed by atoms with Gasteiger partial charge in [0.15, 0.2) is 6.61 Å². The lowest BCUT2D eigenvalue weighted by molar-refractivity contribution is -0.137. The number of imide groups is 1. The average molecular weight is 750 g/mol. The summed E-state index contributed by atoms with van der Waals surface area (Å²) >= 11 is 2.58. The Labute approximate surface area is 302 Å². The Balaban J connectivity index is 1.01. The maximum absolute atomic E-state index is 14.0. The van der Waals surface area contributed by atoms with Gasteiger partial charge < -0.3 is 19.8 Å². The first-order valence-corrected chi connectivity index (χ1v) is 18.4. The van der Waals surface area contributed by atoms with Crippen molar-refractivity contribution < 1.29 is 41.8 Å². The molecule has 3 amide bonds. The molecule has 2 aliphatic heterocycles. The summed E-state index contributed by atoms with van der Waals surface area (Å²) in [7, 11) is 0. The predicted octanol–water partition coefficient (Wildman–Crippen LogP) is 6.33. The maximum Gasteiger partial charge on any atom is 0.418 e. The summed E-state index contributed by atoms with van der Waals surface area (Å²) < 4.78 is 52.6. The number of hydrogen-bond donors (Lipinski definition) is 2. The molecule has 1 saturated heterocycles. The minimum absolute atomic E-state index is 0.144. The Morgan fingerprint density at radius 2 is 1.63 bits per heavy atom. The van der Waals surface area contributed by atoms with Crippen LogP contribution in [0.1, 0.15) is 45.6 Å². The van der Waals surface area contributed by atoms with Crippen LogP contribution in [0.2, 0.25) is 0 Å². The van der Waals surface area contributed by atoms with E-state index in [2.05, 4.69) is 10.3 Å². The standard InChI is InChI=1S/C37H30F3N3O7S2/c1-2-49-35(47)18-7-11-19(12-8-18)41-25(44)16-50-20-13-9-17(10-14-20)26-27-21-15-22(30(27)51-32-31(26)52-36(48)42-32)29-28(21)33(45)43(34(29)46)24-6-4-3-5-23(24)37(38,39)40/h3-14,21-22,26-30H,2,15-16H2,1H3,(H,41,44)(H,42,48)/t21?,22?,26-,27?,28?,29?,30?/m1/s1. The Bertz CT molecular complexity index is 2150. The highest BCUT2D eigenvalue weighted by Crippen LogP contribution is 2.69. The van der Waals surface area contributed by atoms with E-state index >= 15 is 0 Å². The van der Waals surface area contributed by atoms with Crippen LogP contribution in [0.3, 0.4) is 0 Å². The van der Waals surface area contributed by atoms with Crippen molar-refractivity contribution in [2.24, 2.45) is 29.6 Å². The maximum atomic E-state index is 14.0. The molecule has 3 aromatic carbocycles. The lowest BCUT2D eigenvalue weighted by Crippen LogP contribution is -2.42. The van der Waals surface area contributed by atoms with Gasteiger partial charge in [-0.05, 0) is 85.2 Å². The van der Waals surface area contributed by atoms with Crippen LogP contribution in [0.4, 0.5) is 24.5 Å². The van der Waals surface area contributed by atoms with Crippen molar-refractivity contribution in [3.05, 3.63) is 104 Å². The fourth-order valence-electron chi connectivity index (χ4n) is 8.56. The van der Waals surface area contributed by atoms with Crippen LogP contribution in [-0.4, -0.2) is 47.1 Å². The van der Waals surface area contributed by atoms with E-state index in [1.807, 2.05) is 12.1 Å². The van der Waals surface area contributed by atoms with Gasteiger partial charge in [-0.1, -0.05) is 35.6 Å². The molecule has 7 atom stereocenters. The van der Waals surface area contributed by atoms with Crippen LogP contribution in [0.5, 0.6) is 5.75 Å². The smallest absolute Gasteiger partial charge is 0.418 e. The van der Waals surface area contributed by atoms with Crippen LogP contribution in [0.25, 0.3) is 0 Å². The number of benzene rings is 3. The SMILES string of the molecule is CCOC(=O)c1ccc(NC(=O)COc2ccc([C@H]3c4sc(=O)[nH]c4SC4C5CC(C6C(=O)N(c7ccccc7C(F)(F)F)C(=O)C56)C43)cc2)cc1. The van der Waals surface area contributed by atoms with Gasteiger partial charge in [0.2, 0.25) is 11.8 Å². The van der Waals surface area contributed by atoms with Crippen molar-refractivity contribution >= 4 is 58.2 Å². The third-order valence-electron chi connectivity index (χ3n) is 10.5. The van der Waals surface area contributed by atoms with Crippen LogP contribution in [0.15, 0.2) is 82.6 Å². The number of hydrogen-bond acceptors (Lipinski definition) is 9. The second-order valence-corrected chi connectivity index (χ2v) is 15.4. The van der Waals surface area contributed by atoms with Crippen molar-refractivity contribution in [1.29, 1.82) is 0 Å². The molecule has 4 aromatic rings. The number of para-hydroxylation sites is 1. The average Bonchev–Trinajstić information content (AvgIpc) is 3.86. The number of fused-ring (bicyclic) bond motifs is 9. The number of aromatic amines is 1.